The first kappa shape index (κ1) is 19.3. The molecule has 2 aromatic heterocycles. The van der Waals surface area contributed by atoms with Crippen molar-refractivity contribution in [2.75, 3.05) is 0 Å². The van der Waals surface area contributed by atoms with E-state index in [1.807, 2.05) is 0 Å². The van der Waals surface area contributed by atoms with E-state index in [1.54, 1.807) is 11.3 Å². The molecule has 0 amide bonds. The van der Waals surface area contributed by atoms with E-state index >= 15 is 0 Å². The minimum Gasteiger partial charge on any atom is -0.332 e. The van der Waals surface area contributed by atoms with Gasteiger partial charge in [0.2, 0.25) is 0 Å². The molecule has 0 aliphatic heterocycles. The SMILES string of the molecule is CC[C@H]([NH2+][C@@H](C)c1nc2sc3c(c2c(=O)[nH]1)CC[C@@H](C)C3)c1ccc(C)cc1. The van der Waals surface area contributed by atoms with Crippen LogP contribution in [-0.4, -0.2) is 9.97 Å². The number of aromatic nitrogens is 2. The van der Waals surface area contributed by atoms with Gasteiger partial charge in [-0.2, -0.15) is 0 Å². The molecule has 1 aliphatic rings. The minimum absolute atomic E-state index is 0.0377. The molecule has 0 saturated carbocycles. The quantitative estimate of drug-likeness (QED) is 0.679. The van der Waals surface area contributed by atoms with Crippen LogP contribution in [0, 0.1) is 12.8 Å². The molecule has 4 rings (SSSR count). The molecule has 0 unspecified atom stereocenters. The van der Waals surface area contributed by atoms with E-state index in [-0.39, 0.29) is 11.6 Å². The summed E-state index contributed by atoms with van der Waals surface area (Å²) in [5.74, 6) is 1.49. The second-order valence-electron chi connectivity index (χ2n) is 8.39. The van der Waals surface area contributed by atoms with Gasteiger partial charge in [-0.05, 0) is 44.6 Å². The number of quaternary nitrogens is 1. The smallest absolute Gasteiger partial charge is 0.260 e. The lowest BCUT2D eigenvalue weighted by molar-refractivity contribution is -0.732. The maximum absolute atomic E-state index is 12.9. The van der Waals surface area contributed by atoms with Gasteiger partial charge in [0.25, 0.3) is 5.56 Å². The number of hydrogen-bond acceptors (Lipinski definition) is 3. The van der Waals surface area contributed by atoms with Gasteiger partial charge in [-0.3, -0.25) is 4.79 Å². The van der Waals surface area contributed by atoms with Crippen molar-refractivity contribution in [3.8, 4) is 0 Å². The van der Waals surface area contributed by atoms with Crippen molar-refractivity contribution in [2.24, 2.45) is 5.92 Å². The molecular weight excluding hydrogens is 366 g/mol. The van der Waals surface area contributed by atoms with Crippen LogP contribution in [0.3, 0.4) is 0 Å². The molecule has 3 atom stereocenters. The molecule has 0 fully saturated rings. The molecule has 4 nitrogen and oxygen atoms in total. The number of nitrogens with zero attached hydrogens (tertiary/aromatic N) is 1. The topological polar surface area (TPSA) is 62.4 Å². The first-order valence-corrected chi connectivity index (χ1v) is 11.2. The van der Waals surface area contributed by atoms with Gasteiger partial charge >= 0.3 is 0 Å². The lowest BCUT2D eigenvalue weighted by atomic mass is 9.89. The average Bonchev–Trinajstić information content (AvgIpc) is 3.04. The standard InChI is InChI=1S/C23H29N3OS/c1-5-18(16-9-6-13(2)7-10-16)24-15(4)21-25-22(27)20-17-11-8-14(3)12-19(17)28-23(20)26-21/h6-7,9-10,14-15,18,24H,5,8,11-12H2,1-4H3,(H,25,26,27)/p+1/t14-,15+,18+/m1/s1. The zero-order valence-corrected chi connectivity index (χ0v) is 18.0. The maximum Gasteiger partial charge on any atom is 0.260 e. The molecule has 5 heteroatoms. The Labute approximate surface area is 170 Å². The summed E-state index contributed by atoms with van der Waals surface area (Å²) < 4.78 is 0. The van der Waals surface area contributed by atoms with Gasteiger partial charge in [0.1, 0.15) is 16.9 Å². The van der Waals surface area contributed by atoms with Crippen LogP contribution in [0.4, 0.5) is 0 Å². The Balaban J connectivity index is 1.63. The van der Waals surface area contributed by atoms with Crippen LogP contribution in [0.5, 0.6) is 0 Å². The summed E-state index contributed by atoms with van der Waals surface area (Å²) in [6.07, 6.45) is 4.29. The van der Waals surface area contributed by atoms with Gasteiger partial charge in [0.15, 0.2) is 5.82 Å². The van der Waals surface area contributed by atoms with E-state index in [2.05, 4.69) is 62.3 Å². The Morgan fingerprint density at radius 3 is 2.79 bits per heavy atom. The van der Waals surface area contributed by atoms with Crippen molar-refractivity contribution in [3.63, 3.8) is 0 Å². The third kappa shape index (κ3) is 3.65. The fraction of sp³-hybridized carbons (Fsp3) is 0.478. The van der Waals surface area contributed by atoms with Gasteiger partial charge in [0, 0.05) is 16.9 Å². The highest BCUT2D eigenvalue weighted by molar-refractivity contribution is 7.18. The fourth-order valence-corrected chi connectivity index (χ4v) is 5.71. The van der Waals surface area contributed by atoms with Crippen LogP contribution in [0.2, 0.25) is 0 Å². The second kappa shape index (κ2) is 7.80. The summed E-state index contributed by atoms with van der Waals surface area (Å²) in [6.45, 7) is 8.75. The monoisotopic (exact) mass is 396 g/mol. The van der Waals surface area contributed by atoms with Crippen molar-refractivity contribution in [3.05, 3.63) is 62.0 Å². The van der Waals surface area contributed by atoms with Crippen LogP contribution in [-0.2, 0) is 12.8 Å². The van der Waals surface area contributed by atoms with Gasteiger partial charge in [-0.15, -0.1) is 11.3 Å². The second-order valence-corrected chi connectivity index (χ2v) is 9.47. The molecule has 3 N–H and O–H groups in total. The number of fused-ring (bicyclic) bond motifs is 3. The number of thiophene rings is 1. The summed E-state index contributed by atoms with van der Waals surface area (Å²) in [4.78, 5) is 23.2. The van der Waals surface area contributed by atoms with Crippen LogP contribution in [0.25, 0.3) is 10.2 Å². The molecule has 0 bridgehead atoms. The Morgan fingerprint density at radius 1 is 1.32 bits per heavy atom. The lowest BCUT2D eigenvalue weighted by Crippen LogP contribution is -2.85. The molecule has 0 spiro atoms. The molecule has 2 heterocycles. The van der Waals surface area contributed by atoms with E-state index in [0.717, 1.165) is 35.3 Å². The maximum atomic E-state index is 12.9. The highest BCUT2D eigenvalue weighted by Crippen LogP contribution is 2.35. The normalized spacial score (nSPS) is 18.8. The number of nitrogens with one attached hydrogen (secondary N) is 1. The molecule has 28 heavy (non-hydrogen) atoms. The van der Waals surface area contributed by atoms with Gasteiger partial charge in [-0.25, -0.2) is 4.98 Å². The zero-order chi connectivity index (χ0) is 19.8. The summed E-state index contributed by atoms with van der Waals surface area (Å²) in [5.41, 5.74) is 3.89. The fourth-order valence-electron chi connectivity index (χ4n) is 4.32. The van der Waals surface area contributed by atoms with Crippen LogP contribution in [0.15, 0.2) is 29.1 Å². The van der Waals surface area contributed by atoms with Crippen LogP contribution >= 0.6 is 11.3 Å². The Hall–Kier alpha value is -1.98. The van der Waals surface area contributed by atoms with Crippen LogP contribution in [0.1, 0.15) is 73.1 Å². The molecule has 0 saturated heterocycles. The first-order valence-electron chi connectivity index (χ1n) is 10.4. The summed E-state index contributed by atoms with van der Waals surface area (Å²) in [6, 6.07) is 9.20. The Bertz CT molecular complexity index is 1030. The molecular formula is C23H30N3OS+. The predicted molar refractivity (Wildman–Crippen MR) is 116 cm³/mol. The van der Waals surface area contributed by atoms with Crippen molar-refractivity contribution in [2.45, 2.75) is 65.5 Å². The third-order valence-electron chi connectivity index (χ3n) is 6.08. The first-order chi connectivity index (χ1) is 13.5. The Kier molecular flexibility index (Phi) is 5.39. The van der Waals surface area contributed by atoms with E-state index < -0.39 is 0 Å². The highest BCUT2D eigenvalue weighted by Gasteiger charge is 2.25. The number of rotatable bonds is 5. The number of hydrogen-bond donors (Lipinski definition) is 2. The van der Waals surface area contributed by atoms with Crippen molar-refractivity contribution < 1.29 is 5.32 Å². The largest absolute Gasteiger partial charge is 0.332 e. The Morgan fingerprint density at radius 2 is 2.07 bits per heavy atom. The van der Waals surface area contributed by atoms with Gasteiger partial charge in [-0.1, -0.05) is 43.7 Å². The van der Waals surface area contributed by atoms with E-state index in [4.69, 9.17) is 4.98 Å². The molecule has 148 valence electrons. The zero-order valence-electron chi connectivity index (χ0n) is 17.2. The third-order valence-corrected chi connectivity index (χ3v) is 7.23. The predicted octanol–water partition coefficient (Wildman–Crippen LogP) is 4.19. The minimum atomic E-state index is 0.0377. The number of nitrogens with two attached hydrogens (primary N) is 1. The van der Waals surface area contributed by atoms with Gasteiger partial charge in [0.05, 0.1) is 5.39 Å². The van der Waals surface area contributed by atoms with E-state index in [9.17, 15) is 4.79 Å². The summed E-state index contributed by atoms with van der Waals surface area (Å²) in [7, 11) is 0. The average molecular weight is 397 g/mol. The number of aromatic amines is 1. The molecule has 0 radical (unpaired) electrons. The number of aryl methyl sites for hydroxylation is 2. The van der Waals surface area contributed by atoms with Crippen molar-refractivity contribution >= 4 is 21.6 Å². The summed E-state index contributed by atoms with van der Waals surface area (Å²) in [5, 5.41) is 3.16. The van der Waals surface area contributed by atoms with E-state index in [0.29, 0.717) is 12.0 Å². The molecule has 1 aromatic carbocycles. The molecule has 1 aliphatic carbocycles. The number of benzene rings is 1. The number of H-pyrrole nitrogens is 1. The van der Waals surface area contributed by atoms with Crippen LogP contribution < -0.4 is 10.9 Å². The van der Waals surface area contributed by atoms with Crippen molar-refractivity contribution in [1.82, 2.24) is 9.97 Å². The summed E-state index contributed by atoms with van der Waals surface area (Å²) >= 11 is 1.73. The van der Waals surface area contributed by atoms with Gasteiger partial charge < -0.3 is 10.3 Å². The van der Waals surface area contributed by atoms with E-state index in [1.165, 1.54) is 28.0 Å². The van der Waals surface area contributed by atoms with Crippen molar-refractivity contribution in [1.29, 1.82) is 0 Å². The molecule has 3 aromatic rings. The highest BCUT2D eigenvalue weighted by atomic mass is 32.1. The lowest BCUT2D eigenvalue weighted by Gasteiger charge is -2.19.